The van der Waals surface area contributed by atoms with Crippen LogP contribution >= 0.6 is 11.3 Å². The number of Topliss-reactive ketones (excluding diaryl/α,β-unsaturated/α-hetero) is 1. The highest BCUT2D eigenvalue weighted by atomic mass is 32.1. The predicted molar refractivity (Wildman–Crippen MR) is 138 cm³/mol. The zero-order valence-corrected chi connectivity index (χ0v) is 20.8. The summed E-state index contributed by atoms with van der Waals surface area (Å²) in [4.78, 5) is 32.2. The summed E-state index contributed by atoms with van der Waals surface area (Å²) >= 11 is 0.958. The summed E-state index contributed by atoms with van der Waals surface area (Å²) in [6, 6.07) is 14.8. The number of hydrogen-bond donors (Lipinski definition) is 1. The lowest BCUT2D eigenvalue weighted by atomic mass is 9.94. The number of ether oxygens (including phenoxy) is 1. The molecule has 1 amide bonds. The quantitative estimate of drug-likeness (QED) is 0.183. The van der Waals surface area contributed by atoms with Gasteiger partial charge in [-0.3, -0.25) is 14.5 Å². The molecule has 9 heteroatoms. The molecule has 1 unspecified atom stereocenters. The van der Waals surface area contributed by atoms with Crippen LogP contribution in [-0.2, 0) is 9.59 Å². The van der Waals surface area contributed by atoms with Crippen molar-refractivity contribution in [3.05, 3.63) is 94.6 Å². The van der Waals surface area contributed by atoms with Crippen LogP contribution in [0.2, 0.25) is 0 Å². The molecule has 6 nitrogen and oxygen atoms in total. The van der Waals surface area contributed by atoms with Gasteiger partial charge < -0.3 is 9.84 Å². The van der Waals surface area contributed by atoms with E-state index in [1.807, 2.05) is 26.0 Å². The number of nitrogens with zero attached hydrogens (tertiary/aromatic N) is 2. The molecule has 4 aromatic rings. The Bertz CT molecular complexity index is 1540. The molecule has 1 N–H and O–H groups in total. The molecule has 1 atom stereocenters. The fourth-order valence-electron chi connectivity index (χ4n) is 4.31. The van der Waals surface area contributed by atoms with Crippen molar-refractivity contribution in [2.45, 2.75) is 26.3 Å². The second kappa shape index (κ2) is 9.74. The van der Waals surface area contributed by atoms with Gasteiger partial charge >= 0.3 is 5.91 Å². The summed E-state index contributed by atoms with van der Waals surface area (Å²) in [6.45, 7) is 4.32. The third-order valence-corrected chi connectivity index (χ3v) is 7.03. The number of aliphatic hydroxyl groups is 1. The maximum atomic E-state index is 13.8. The number of carbonyl (C=O) groups is 2. The number of amides is 1. The van der Waals surface area contributed by atoms with Crippen LogP contribution in [0.4, 0.5) is 13.9 Å². The lowest BCUT2D eigenvalue weighted by Gasteiger charge is -2.23. The summed E-state index contributed by atoms with van der Waals surface area (Å²) in [6.07, 6.45) is 0.796. The van der Waals surface area contributed by atoms with Crippen molar-refractivity contribution in [1.29, 1.82) is 0 Å². The van der Waals surface area contributed by atoms with E-state index < -0.39 is 29.4 Å². The molecule has 0 aliphatic carbocycles. The minimum Gasteiger partial charge on any atom is -0.507 e. The first kappa shape index (κ1) is 24.6. The van der Waals surface area contributed by atoms with Gasteiger partial charge in [0.1, 0.15) is 11.5 Å². The third kappa shape index (κ3) is 4.46. The van der Waals surface area contributed by atoms with Crippen LogP contribution in [0.3, 0.4) is 0 Å². The molecule has 1 aromatic heterocycles. The van der Waals surface area contributed by atoms with Crippen molar-refractivity contribution in [2.24, 2.45) is 0 Å². The zero-order chi connectivity index (χ0) is 26.3. The standard InChI is InChI=1S/C28H22F2N2O4S/c1-3-10-36-18-9-5-8-17(12-18)25(33)23-24(16-7-4-6-15(2)11-16)32(27(35)26(23)34)28-31-21-13-19(29)20(30)14-22(21)37-28/h4-9,11-14,24,33H,3,10H2,1-2H3/b25-23+. The van der Waals surface area contributed by atoms with E-state index >= 15 is 0 Å². The minimum absolute atomic E-state index is 0.0904. The Hall–Kier alpha value is -4.11. The molecule has 0 radical (unpaired) electrons. The first-order valence-electron chi connectivity index (χ1n) is 11.6. The summed E-state index contributed by atoms with van der Waals surface area (Å²) in [5.41, 5.74) is 1.82. The number of hydrogen-bond acceptors (Lipinski definition) is 6. The highest BCUT2D eigenvalue weighted by Crippen LogP contribution is 2.44. The third-order valence-electron chi connectivity index (χ3n) is 6.01. The molecule has 0 saturated carbocycles. The van der Waals surface area contributed by atoms with E-state index in [2.05, 4.69) is 4.98 Å². The van der Waals surface area contributed by atoms with Crippen molar-refractivity contribution < 1.29 is 28.2 Å². The van der Waals surface area contributed by atoms with Gasteiger partial charge in [0.2, 0.25) is 0 Å². The first-order chi connectivity index (χ1) is 17.8. The molecule has 2 heterocycles. The smallest absolute Gasteiger partial charge is 0.301 e. The molecule has 0 bridgehead atoms. The Labute approximate surface area is 215 Å². The van der Waals surface area contributed by atoms with Crippen LogP contribution in [-0.4, -0.2) is 28.4 Å². The molecule has 1 saturated heterocycles. The van der Waals surface area contributed by atoms with Gasteiger partial charge in [-0.1, -0.05) is 60.2 Å². The molecule has 3 aromatic carbocycles. The number of rotatable bonds is 6. The van der Waals surface area contributed by atoms with E-state index in [4.69, 9.17) is 4.74 Å². The SMILES string of the molecule is CCCOc1cccc(/C(O)=C2\C(=O)C(=O)N(c3nc4cc(F)c(F)cc4s3)C2c2cccc(C)c2)c1. The number of aliphatic hydroxyl groups excluding tert-OH is 1. The monoisotopic (exact) mass is 520 g/mol. The van der Waals surface area contributed by atoms with Crippen LogP contribution in [0.5, 0.6) is 5.75 Å². The van der Waals surface area contributed by atoms with Crippen LogP contribution in [0.15, 0.2) is 66.2 Å². The van der Waals surface area contributed by atoms with E-state index in [9.17, 15) is 23.5 Å². The van der Waals surface area contributed by atoms with Crippen molar-refractivity contribution in [2.75, 3.05) is 11.5 Å². The number of halogens is 2. The fraction of sp³-hybridized carbons (Fsp3) is 0.179. The van der Waals surface area contributed by atoms with Crippen LogP contribution in [0, 0.1) is 18.6 Å². The van der Waals surface area contributed by atoms with Crippen LogP contribution < -0.4 is 9.64 Å². The molecule has 1 aliphatic heterocycles. The van der Waals surface area contributed by atoms with Gasteiger partial charge in [-0.2, -0.15) is 0 Å². The molecule has 188 valence electrons. The van der Waals surface area contributed by atoms with Gasteiger partial charge in [0.15, 0.2) is 16.8 Å². The van der Waals surface area contributed by atoms with Gasteiger partial charge in [0.05, 0.1) is 28.4 Å². The molecular weight excluding hydrogens is 498 g/mol. The predicted octanol–water partition coefficient (Wildman–Crippen LogP) is 6.30. The van der Waals surface area contributed by atoms with Gasteiger partial charge in [-0.05, 0) is 37.1 Å². The van der Waals surface area contributed by atoms with E-state index in [1.165, 1.54) is 4.90 Å². The number of benzene rings is 3. The minimum atomic E-state index is -1.06. The highest BCUT2D eigenvalue weighted by molar-refractivity contribution is 7.22. The second-order valence-corrected chi connectivity index (χ2v) is 9.70. The number of anilines is 1. The topological polar surface area (TPSA) is 79.7 Å². The largest absolute Gasteiger partial charge is 0.507 e. The van der Waals surface area contributed by atoms with Crippen molar-refractivity contribution in [3.8, 4) is 5.75 Å². The van der Waals surface area contributed by atoms with E-state index in [-0.39, 0.29) is 22.0 Å². The Kier molecular flexibility index (Phi) is 6.47. The Morgan fingerprint density at radius 1 is 1.08 bits per heavy atom. The average Bonchev–Trinajstić information content (AvgIpc) is 3.40. The maximum absolute atomic E-state index is 13.8. The Balaban J connectivity index is 1.69. The Morgan fingerprint density at radius 2 is 1.84 bits per heavy atom. The number of fused-ring (bicyclic) bond motifs is 1. The number of ketones is 1. The van der Waals surface area contributed by atoms with Crippen LogP contribution in [0.25, 0.3) is 16.0 Å². The highest BCUT2D eigenvalue weighted by Gasteiger charge is 2.48. The molecule has 1 aliphatic rings. The summed E-state index contributed by atoms with van der Waals surface area (Å²) in [5.74, 6) is -3.72. The average molecular weight is 521 g/mol. The zero-order valence-electron chi connectivity index (χ0n) is 20.0. The van der Waals surface area contributed by atoms with E-state index in [0.29, 0.717) is 28.2 Å². The van der Waals surface area contributed by atoms with E-state index in [0.717, 1.165) is 35.5 Å². The summed E-state index contributed by atoms with van der Waals surface area (Å²) in [5, 5.41) is 11.4. The Morgan fingerprint density at radius 3 is 2.59 bits per heavy atom. The maximum Gasteiger partial charge on any atom is 0.301 e. The van der Waals surface area contributed by atoms with Gasteiger partial charge in [-0.15, -0.1) is 0 Å². The number of thiazole rings is 1. The van der Waals surface area contributed by atoms with Crippen molar-refractivity contribution in [1.82, 2.24) is 4.98 Å². The number of aryl methyl sites for hydroxylation is 1. The fourth-order valence-corrected chi connectivity index (χ4v) is 5.31. The van der Waals surface area contributed by atoms with Crippen LogP contribution in [0.1, 0.15) is 36.1 Å². The molecular formula is C28H22F2N2O4S. The summed E-state index contributed by atoms with van der Waals surface area (Å²) < 4.78 is 33.7. The molecule has 1 fully saturated rings. The lowest BCUT2D eigenvalue weighted by molar-refractivity contribution is -0.132. The van der Waals surface area contributed by atoms with Gasteiger partial charge in [-0.25, -0.2) is 13.8 Å². The second-order valence-electron chi connectivity index (χ2n) is 8.69. The van der Waals surface area contributed by atoms with Crippen molar-refractivity contribution in [3.63, 3.8) is 0 Å². The lowest BCUT2D eigenvalue weighted by Crippen LogP contribution is -2.29. The van der Waals surface area contributed by atoms with Gasteiger partial charge in [0.25, 0.3) is 5.78 Å². The number of carbonyl (C=O) groups excluding carboxylic acids is 2. The first-order valence-corrected chi connectivity index (χ1v) is 12.5. The molecule has 37 heavy (non-hydrogen) atoms. The summed E-state index contributed by atoms with van der Waals surface area (Å²) in [7, 11) is 0. The molecule has 0 spiro atoms. The molecule has 5 rings (SSSR count). The number of aromatic nitrogens is 1. The normalized spacial score (nSPS) is 17.1. The van der Waals surface area contributed by atoms with Crippen molar-refractivity contribution >= 4 is 44.1 Å². The van der Waals surface area contributed by atoms with E-state index in [1.54, 1.807) is 36.4 Å². The van der Waals surface area contributed by atoms with Gasteiger partial charge in [0, 0.05) is 11.6 Å².